The molecule has 0 saturated carbocycles. The van der Waals surface area contributed by atoms with Gasteiger partial charge in [-0.3, -0.25) is 13.8 Å². The van der Waals surface area contributed by atoms with E-state index in [1.807, 2.05) is 26.2 Å². The average molecular weight is 657 g/mol. The topological polar surface area (TPSA) is 173 Å². The molecule has 3 rings (SSSR count). The van der Waals surface area contributed by atoms with Crippen molar-refractivity contribution in [2.75, 3.05) is 67.0 Å². The number of carbonyl (C=O) groups excluding carboxylic acids is 3. The van der Waals surface area contributed by atoms with Gasteiger partial charge in [0.15, 0.2) is 0 Å². The van der Waals surface area contributed by atoms with Gasteiger partial charge in [-0.15, -0.1) is 0 Å². The van der Waals surface area contributed by atoms with E-state index in [-0.39, 0.29) is 18.6 Å². The lowest BCUT2D eigenvalue weighted by molar-refractivity contribution is -0.140. The molecule has 2 aromatic rings. The van der Waals surface area contributed by atoms with Crippen LogP contribution >= 0.6 is 7.29 Å². The Morgan fingerprint density at radius 1 is 1.05 bits per heavy atom. The van der Waals surface area contributed by atoms with Crippen molar-refractivity contribution in [2.45, 2.75) is 27.2 Å². The summed E-state index contributed by atoms with van der Waals surface area (Å²) in [6.07, 6.45) is 5.12. The summed E-state index contributed by atoms with van der Waals surface area (Å²) in [6.45, 7) is 7.40. The van der Waals surface area contributed by atoms with E-state index in [2.05, 4.69) is 14.5 Å². The molecule has 15 heteroatoms. The third kappa shape index (κ3) is 23.8. The summed E-state index contributed by atoms with van der Waals surface area (Å²) >= 11 is 0. The van der Waals surface area contributed by atoms with Crippen LogP contribution in [0.1, 0.15) is 27.2 Å². The number of esters is 1. The van der Waals surface area contributed by atoms with Crippen molar-refractivity contribution in [1.29, 1.82) is 0 Å². The van der Waals surface area contributed by atoms with Gasteiger partial charge in [-0.2, -0.15) is 0 Å². The Morgan fingerprint density at radius 2 is 1.39 bits per heavy atom. The molecule has 1 fully saturated rings. The standard InChI is InChI=1S/C12H10N3OP.C6H12N2O.C4H8O2.C3H7NO.C2H6OS.C2H6O/c13-14-15-17(16,11-7-3-1-4-8-11)12-9-5-2-6-10-12;1-7-4-3-5-8(2)6(7)9;1-3-6-4(2)5;1-4(2)3-5;1-4(2)3;1-2-3/h1-10H;3-5H2,1-2H3;3H2,1-2H3;3H,1-2H3;1-2H3;3H,2H2,1H3. The molecule has 1 aliphatic heterocycles. The molecule has 0 bridgehead atoms. The van der Waals surface area contributed by atoms with Gasteiger partial charge >= 0.3 is 12.0 Å². The Balaban J connectivity index is -0.000000526. The molecule has 0 spiro atoms. The Hall–Kier alpha value is -3.70. The van der Waals surface area contributed by atoms with Crippen LogP contribution in [0.25, 0.3) is 10.4 Å². The van der Waals surface area contributed by atoms with Gasteiger partial charge in [0, 0.05) is 93.6 Å². The zero-order valence-electron chi connectivity index (χ0n) is 27.3. The summed E-state index contributed by atoms with van der Waals surface area (Å²) in [5.41, 5.74) is 8.61. The summed E-state index contributed by atoms with van der Waals surface area (Å²) in [4.78, 5) is 41.4. The Bertz CT molecular complexity index is 1110. The van der Waals surface area contributed by atoms with Crippen molar-refractivity contribution >= 4 is 47.1 Å². The predicted octanol–water partition coefficient (Wildman–Crippen LogP) is 3.87. The molecule has 1 aliphatic rings. The maximum atomic E-state index is 12.8. The monoisotopic (exact) mass is 656 g/mol. The number of nitrogens with zero attached hydrogens (tertiary/aromatic N) is 6. The zero-order valence-corrected chi connectivity index (χ0v) is 29.0. The number of azide groups is 1. The highest BCUT2D eigenvalue weighted by Crippen LogP contribution is 2.44. The molecule has 44 heavy (non-hydrogen) atoms. The van der Waals surface area contributed by atoms with E-state index in [1.54, 1.807) is 98.8 Å². The van der Waals surface area contributed by atoms with E-state index in [1.165, 1.54) is 11.8 Å². The molecule has 2 aromatic carbocycles. The van der Waals surface area contributed by atoms with Crippen LogP contribution in [-0.2, 0) is 29.7 Å². The highest BCUT2D eigenvalue weighted by Gasteiger charge is 2.25. The first-order valence-corrected chi connectivity index (χ1v) is 17.2. The number of hydrogen-bond acceptors (Lipinski definition) is 7. The molecule has 0 aliphatic carbocycles. The number of ether oxygens (including phenoxy) is 1. The normalized spacial score (nSPS) is 11.4. The molecule has 0 unspecified atom stereocenters. The summed E-state index contributed by atoms with van der Waals surface area (Å²) < 4.78 is 26.8. The highest BCUT2D eigenvalue weighted by atomic mass is 32.2. The van der Waals surface area contributed by atoms with Gasteiger partial charge in [0.2, 0.25) is 13.7 Å². The summed E-state index contributed by atoms with van der Waals surface area (Å²) in [5, 5.41) is 8.66. The smallest absolute Gasteiger partial charge is 0.319 e. The third-order valence-corrected chi connectivity index (χ3v) is 6.90. The molecule has 1 saturated heterocycles. The van der Waals surface area contributed by atoms with Crippen LogP contribution in [0.15, 0.2) is 65.5 Å². The van der Waals surface area contributed by atoms with E-state index in [0.29, 0.717) is 17.2 Å². The molecule has 3 amide bonds. The maximum Gasteiger partial charge on any atom is 0.319 e. The molecule has 248 valence electrons. The fourth-order valence-electron chi connectivity index (χ4n) is 2.80. The number of hydrogen-bond donors (Lipinski definition) is 1. The van der Waals surface area contributed by atoms with Crippen molar-refractivity contribution < 1.29 is 33.0 Å². The van der Waals surface area contributed by atoms with Crippen molar-refractivity contribution in [3.63, 3.8) is 0 Å². The minimum absolute atomic E-state index is 0.140. The largest absolute Gasteiger partial charge is 0.466 e. The van der Waals surface area contributed by atoms with Crippen molar-refractivity contribution in [3.8, 4) is 0 Å². The Morgan fingerprint density at radius 3 is 1.59 bits per heavy atom. The van der Waals surface area contributed by atoms with Gasteiger partial charge < -0.3 is 29.1 Å². The minimum atomic E-state index is -3.22. The molecule has 0 atom stereocenters. The number of aliphatic hydroxyl groups excluding tert-OH is 1. The highest BCUT2D eigenvalue weighted by molar-refractivity contribution is 7.83. The van der Waals surface area contributed by atoms with Gasteiger partial charge in [-0.1, -0.05) is 60.7 Å². The first kappa shape index (κ1) is 44.7. The second kappa shape index (κ2) is 28.1. The maximum absolute atomic E-state index is 12.8. The number of rotatable bonds is 5. The summed E-state index contributed by atoms with van der Waals surface area (Å²) in [7, 11) is 3.21. The summed E-state index contributed by atoms with van der Waals surface area (Å²) in [5.74, 6) is -0.211. The molecule has 0 radical (unpaired) electrons. The van der Waals surface area contributed by atoms with Crippen LogP contribution in [0.4, 0.5) is 4.79 Å². The number of aliphatic hydroxyl groups is 1. The molecular weight excluding hydrogens is 607 g/mol. The van der Waals surface area contributed by atoms with Gasteiger partial charge in [0.25, 0.3) is 0 Å². The number of urea groups is 1. The van der Waals surface area contributed by atoms with Crippen LogP contribution in [-0.4, -0.2) is 109 Å². The lowest BCUT2D eigenvalue weighted by Gasteiger charge is -2.30. The summed E-state index contributed by atoms with van der Waals surface area (Å²) in [6, 6.07) is 17.7. The van der Waals surface area contributed by atoms with E-state index in [0.717, 1.165) is 25.9 Å². The van der Waals surface area contributed by atoms with E-state index < -0.39 is 18.1 Å². The molecule has 13 nitrogen and oxygen atoms in total. The van der Waals surface area contributed by atoms with Crippen LogP contribution in [0, 0.1) is 0 Å². The van der Waals surface area contributed by atoms with Crippen molar-refractivity contribution in [3.05, 3.63) is 71.1 Å². The first-order valence-electron chi connectivity index (χ1n) is 13.5. The molecular formula is C29H49N6O7PS. The van der Waals surface area contributed by atoms with Gasteiger partial charge in [0.05, 0.1) is 6.61 Å². The predicted molar refractivity (Wildman–Crippen MR) is 179 cm³/mol. The Kier molecular flexibility index (Phi) is 28.6. The molecule has 1 heterocycles. The van der Waals surface area contributed by atoms with Crippen LogP contribution < -0.4 is 10.6 Å². The molecule has 1 N–H and O–H groups in total. The fraction of sp³-hybridized carbons (Fsp3) is 0.483. The van der Waals surface area contributed by atoms with Crippen LogP contribution in [0.3, 0.4) is 0 Å². The number of amides is 3. The number of carbonyl (C=O) groups is 3. The zero-order chi connectivity index (χ0) is 34.6. The van der Waals surface area contributed by atoms with Crippen LogP contribution in [0.5, 0.6) is 0 Å². The Labute approximate surface area is 264 Å². The van der Waals surface area contributed by atoms with Gasteiger partial charge in [-0.25, -0.2) is 4.79 Å². The molecule has 0 aromatic heterocycles. The quantitative estimate of drug-likeness (QED) is 0.127. The lowest BCUT2D eigenvalue weighted by atomic mass is 10.3. The van der Waals surface area contributed by atoms with Crippen LogP contribution in [0.2, 0.25) is 0 Å². The first-order chi connectivity index (χ1) is 20.7. The second-order valence-corrected chi connectivity index (χ2v) is 12.8. The second-order valence-electron chi connectivity index (χ2n) is 8.96. The SMILES string of the molecule is CCO.CCOC(C)=O.CN(C)C=O.CN1CCCN(C)C1=O.CS(C)=O.[N-]=[N+]=NP(=O)(c1ccccc1)c1ccccc1. The van der Waals surface area contributed by atoms with E-state index in [4.69, 9.17) is 10.6 Å². The van der Waals surface area contributed by atoms with Crippen molar-refractivity contribution in [1.82, 2.24) is 14.7 Å². The third-order valence-electron chi connectivity index (χ3n) is 4.58. The van der Waals surface area contributed by atoms with Gasteiger partial charge in [0.1, 0.15) is 0 Å². The number of benzene rings is 2. The van der Waals surface area contributed by atoms with Gasteiger partial charge in [-0.05, 0) is 30.7 Å². The van der Waals surface area contributed by atoms with E-state index in [9.17, 15) is 23.2 Å². The van der Waals surface area contributed by atoms with Crippen molar-refractivity contribution in [2.24, 2.45) is 4.88 Å². The average Bonchev–Trinajstić information content (AvgIpc) is 2.98. The fourth-order valence-corrected chi connectivity index (χ4v) is 4.57. The van der Waals surface area contributed by atoms with E-state index >= 15 is 0 Å². The lowest BCUT2D eigenvalue weighted by Crippen LogP contribution is -2.44. The minimum Gasteiger partial charge on any atom is -0.466 e.